The minimum atomic E-state index is -0.318. The fourth-order valence-electron chi connectivity index (χ4n) is 1.85. The summed E-state index contributed by atoms with van der Waals surface area (Å²) in [5.74, 6) is 0.0105. The molecule has 0 aliphatic carbocycles. The van der Waals surface area contributed by atoms with Crippen molar-refractivity contribution in [2.24, 2.45) is 5.92 Å². The third-order valence-electron chi connectivity index (χ3n) is 2.74. The topological polar surface area (TPSA) is 49.8 Å². The van der Waals surface area contributed by atoms with Gasteiger partial charge in [0, 0.05) is 19.0 Å². The molecule has 0 aromatic heterocycles. The van der Waals surface area contributed by atoms with E-state index < -0.39 is 0 Å². The second kappa shape index (κ2) is 6.20. The molecule has 4 nitrogen and oxygen atoms in total. The van der Waals surface area contributed by atoms with E-state index in [2.05, 4.69) is 4.90 Å². The number of aliphatic hydroxyl groups is 1. The predicted molar refractivity (Wildman–Crippen MR) is 57.7 cm³/mol. The van der Waals surface area contributed by atoms with Gasteiger partial charge in [-0.3, -0.25) is 4.79 Å². The van der Waals surface area contributed by atoms with E-state index >= 15 is 0 Å². The Kier molecular flexibility index (Phi) is 5.22. The fraction of sp³-hybridized carbons (Fsp3) is 0.909. The van der Waals surface area contributed by atoms with Crippen molar-refractivity contribution in [1.29, 1.82) is 0 Å². The van der Waals surface area contributed by atoms with Gasteiger partial charge in [-0.2, -0.15) is 0 Å². The lowest BCUT2D eigenvalue weighted by molar-refractivity contribution is -0.125. The molecule has 1 fully saturated rings. The van der Waals surface area contributed by atoms with Gasteiger partial charge < -0.3 is 14.7 Å². The number of nitrogens with zero attached hydrogens (tertiary/aromatic N) is 1. The lowest BCUT2D eigenvalue weighted by atomic mass is 10.0. The van der Waals surface area contributed by atoms with Crippen LogP contribution in [0.5, 0.6) is 0 Å². The summed E-state index contributed by atoms with van der Waals surface area (Å²) in [6.07, 6.45) is 1.14. The number of aliphatic hydroxyl groups excluding tert-OH is 1. The van der Waals surface area contributed by atoms with Gasteiger partial charge in [0.25, 0.3) is 0 Å². The first kappa shape index (κ1) is 12.6. The van der Waals surface area contributed by atoms with E-state index in [9.17, 15) is 4.79 Å². The van der Waals surface area contributed by atoms with Crippen LogP contribution in [0.15, 0.2) is 0 Å². The summed E-state index contributed by atoms with van der Waals surface area (Å²) in [7, 11) is 0. The molecule has 0 saturated carbocycles. The first-order chi connectivity index (χ1) is 7.13. The number of hydrogen-bond acceptors (Lipinski definition) is 4. The Morgan fingerprint density at radius 1 is 1.60 bits per heavy atom. The van der Waals surface area contributed by atoms with Crippen LogP contribution in [-0.4, -0.2) is 54.7 Å². The number of carbonyl (C=O) groups is 1. The van der Waals surface area contributed by atoms with Gasteiger partial charge in [0.15, 0.2) is 5.78 Å². The van der Waals surface area contributed by atoms with Gasteiger partial charge in [0.1, 0.15) is 6.61 Å². The highest BCUT2D eigenvalue weighted by Gasteiger charge is 2.27. The number of rotatable bonds is 6. The minimum absolute atomic E-state index is 0.0257. The van der Waals surface area contributed by atoms with Crippen molar-refractivity contribution < 1.29 is 14.6 Å². The smallest absolute Gasteiger partial charge is 0.162 e. The average molecular weight is 215 g/mol. The number of likely N-dealkylation sites (tertiary alicyclic amines) is 1. The molecule has 0 amide bonds. The van der Waals surface area contributed by atoms with Crippen LogP contribution < -0.4 is 0 Å². The van der Waals surface area contributed by atoms with Crippen molar-refractivity contribution in [3.63, 3.8) is 0 Å². The van der Waals surface area contributed by atoms with Crippen LogP contribution in [-0.2, 0) is 9.53 Å². The Morgan fingerprint density at radius 2 is 2.33 bits per heavy atom. The molecule has 1 N–H and O–H groups in total. The molecule has 0 bridgehead atoms. The second-order valence-electron chi connectivity index (χ2n) is 4.33. The van der Waals surface area contributed by atoms with E-state index in [0.717, 1.165) is 32.7 Å². The molecule has 1 saturated heterocycles. The van der Waals surface area contributed by atoms with E-state index in [1.807, 2.05) is 13.8 Å². The van der Waals surface area contributed by atoms with Gasteiger partial charge in [0.05, 0.1) is 12.7 Å². The zero-order valence-corrected chi connectivity index (χ0v) is 9.61. The Hall–Kier alpha value is -0.450. The van der Waals surface area contributed by atoms with Crippen molar-refractivity contribution >= 4 is 5.78 Å². The molecule has 1 atom stereocenters. The predicted octanol–water partition coefficient (Wildman–Crippen LogP) is 0.295. The Morgan fingerprint density at radius 3 is 2.93 bits per heavy atom. The van der Waals surface area contributed by atoms with E-state index in [-0.39, 0.29) is 24.4 Å². The van der Waals surface area contributed by atoms with Crippen LogP contribution in [0.3, 0.4) is 0 Å². The molecule has 0 radical (unpaired) electrons. The molecular formula is C11H21NO3. The number of ketones is 1. The zero-order valence-electron chi connectivity index (χ0n) is 9.61. The summed E-state index contributed by atoms with van der Waals surface area (Å²) in [5, 5.41) is 8.74. The van der Waals surface area contributed by atoms with Crippen LogP contribution in [0, 0.1) is 5.92 Å². The Labute approximate surface area is 91.2 Å². The SMILES string of the molecule is CC(C)OCCN1CCC(C(=O)CO)C1. The standard InChI is InChI=1S/C11H21NO3/c1-9(2)15-6-5-12-4-3-10(7-12)11(14)8-13/h9-10,13H,3-8H2,1-2H3. The highest BCUT2D eigenvalue weighted by molar-refractivity contribution is 5.82. The summed E-state index contributed by atoms with van der Waals surface area (Å²) < 4.78 is 5.45. The first-order valence-corrected chi connectivity index (χ1v) is 5.61. The van der Waals surface area contributed by atoms with Crippen LogP contribution in [0.2, 0.25) is 0 Å². The lowest BCUT2D eigenvalue weighted by Crippen LogP contribution is -2.28. The maximum atomic E-state index is 11.2. The zero-order chi connectivity index (χ0) is 11.3. The van der Waals surface area contributed by atoms with Crippen LogP contribution in [0.1, 0.15) is 20.3 Å². The van der Waals surface area contributed by atoms with Crippen LogP contribution in [0.4, 0.5) is 0 Å². The summed E-state index contributed by atoms with van der Waals surface area (Å²) >= 11 is 0. The summed E-state index contributed by atoms with van der Waals surface area (Å²) in [6, 6.07) is 0. The van der Waals surface area contributed by atoms with Gasteiger partial charge in [0.2, 0.25) is 0 Å². The van der Waals surface area contributed by atoms with Gasteiger partial charge in [-0.1, -0.05) is 0 Å². The normalized spacial score (nSPS) is 22.5. The summed E-state index contributed by atoms with van der Waals surface area (Å²) in [5.41, 5.74) is 0. The minimum Gasteiger partial charge on any atom is -0.389 e. The van der Waals surface area contributed by atoms with Crippen molar-refractivity contribution in [1.82, 2.24) is 4.90 Å². The van der Waals surface area contributed by atoms with Crippen molar-refractivity contribution in [3.05, 3.63) is 0 Å². The largest absolute Gasteiger partial charge is 0.389 e. The third-order valence-corrected chi connectivity index (χ3v) is 2.74. The van der Waals surface area contributed by atoms with Crippen LogP contribution >= 0.6 is 0 Å². The van der Waals surface area contributed by atoms with E-state index in [0.29, 0.717) is 0 Å². The second-order valence-corrected chi connectivity index (χ2v) is 4.33. The van der Waals surface area contributed by atoms with Gasteiger partial charge in [-0.25, -0.2) is 0 Å². The molecule has 1 heterocycles. The van der Waals surface area contributed by atoms with E-state index in [1.165, 1.54) is 0 Å². The Bertz CT molecular complexity index is 206. The number of ether oxygens (including phenoxy) is 1. The van der Waals surface area contributed by atoms with Gasteiger partial charge in [-0.05, 0) is 26.8 Å². The highest BCUT2D eigenvalue weighted by atomic mass is 16.5. The summed E-state index contributed by atoms with van der Waals surface area (Å²) in [4.78, 5) is 13.5. The van der Waals surface area contributed by atoms with Crippen molar-refractivity contribution in [2.45, 2.75) is 26.4 Å². The highest BCUT2D eigenvalue weighted by Crippen LogP contribution is 2.16. The quantitative estimate of drug-likeness (QED) is 0.692. The van der Waals surface area contributed by atoms with E-state index in [1.54, 1.807) is 0 Å². The summed E-state index contributed by atoms with van der Waals surface area (Å²) in [6.45, 7) is 7.04. The lowest BCUT2D eigenvalue weighted by Gasteiger charge is -2.16. The number of hydrogen-bond donors (Lipinski definition) is 1. The fourth-order valence-corrected chi connectivity index (χ4v) is 1.85. The van der Waals surface area contributed by atoms with Gasteiger partial charge >= 0.3 is 0 Å². The van der Waals surface area contributed by atoms with E-state index in [4.69, 9.17) is 9.84 Å². The molecule has 4 heteroatoms. The average Bonchev–Trinajstić information content (AvgIpc) is 2.65. The molecule has 0 aromatic carbocycles. The maximum Gasteiger partial charge on any atom is 0.162 e. The Balaban J connectivity index is 2.16. The molecule has 1 unspecified atom stereocenters. The van der Waals surface area contributed by atoms with Crippen LogP contribution in [0.25, 0.3) is 0 Å². The molecule has 88 valence electrons. The molecular weight excluding hydrogens is 194 g/mol. The molecule has 1 aliphatic rings. The van der Waals surface area contributed by atoms with Crippen molar-refractivity contribution in [3.8, 4) is 0 Å². The monoisotopic (exact) mass is 215 g/mol. The first-order valence-electron chi connectivity index (χ1n) is 5.61. The maximum absolute atomic E-state index is 11.2. The third kappa shape index (κ3) is 4.28. The molecule has 0 spiro atoms. The number of Topliss-reactive ketones (excluding diaryl/α,β-unsaturated/α-hetero) is 1. The van der Waals surface area contributed by atoms with Gasteiger partial charge in [-0.15, -0.1) is 0 Å². The van der Waals surface area contributed by atoms with Crippen molar-refractivity contribution in [2.75, 3.05) is 32.8 Å². The number of carbonyl (C=O) groups excluding carboxylic acids is 1. The molecule has 15 heavy (non-hydrogen) atoms. The molecule has 0 aromatic rings. The molecule has 1 rings (SSSR count). The molecule has 1 aliphatic heterocycles.